The number of carbonyl (C=O) groups excluding carboxylic acids is 5. The maximum Gasteiger partial charge on any atom is 0.244 e. The van der Waals surface area contributed by atoms with Crippen LogP contribution in [0.2, 0.25) is 0 Å². The molecule has 0 aromatic heterocycles. The van der Waals surface area contributed by atoms with Crippen LogP contribution in [0.15, 0.2) is 12.1 Å². The van der Waals surface area contributed by atoms with Crippen LogP contribution < -0.4 is 32.7 Å². The number of nitrogens with one attached hydrogen (secondary N) is 4. The number of aryl methyl sites for hydroxylation is 2. The number of primary amides is 1. The van der Waals surface area contributed by atoms with Crippen LogP contribution in [0.25, 0.3) is 0 Å². The van der Waals surface area contributed by atoms with E-state index in [-0.39, 0.29) is 12.2 Å². The second-order valence-electron chi connectivity index (χ2n) is 11.0. The van der Waals surface area contributed by atoms with Crippen molar-refractivity contribution in [3.8, 4) is 5.75 Å². The van der Waals surface area contributed by atoms with E-state index >= 15 is 0 Å². The fraction of sp³-hybridized carbons (Fsp3) is 0.577. The number of phenols is 1. The highest BCUT2D eigenvalue weighted by molar-refractivity contribution is 7.82. The van der Waals surface area contributed by atoms with E-state index in [4.69, 9.17) is 11.5 Å². The van der Waals surface area contributed by atoms with Gasteiger partial charge in [-0.15, -0.1) is 0 Å². The predicted molar refractivity (Wildman–Crippen MR) is 159 cm³/mol. The molecular formula is C26H42N6O6S2. The summed E-state index contributed by atoms with van der Waals surface area (Å²) in [5, 5.41) is 19.7. The molecule has 0 aliphatic heterocycles. The molecule has 1 aromatic carbocycles. The minimum atomic E-state index is -1.15. The molecule has 0 saturated heterocycles. The van der Waals surface area contributed by atoms with Gasteiger partial charge in [0.15, 0.2) is 0 Å². The molecular weight excluding hydrogens is 556 g/mol. The quantitative estimate of drug-likeness (QED) is 0.134. The molecule has 224 valence electrons. The number of nitrogens with two attached hydrogens (primary N) is 2. The molecule has 0 radical (unpaired) electrons. The summed E-state index contributed by atoms with van der Waals surface area (Å²) in [6.45, 7) is 10.9. The number of amides is 5. The molecule has 0 bridgehead atoms. The lowest BCUT2D eigenvalue weighted by molar-refractivity contribution is -0.132. The fourth-order valence-corrected chi connectivity index (χ4v) is 4.28. The number of phenolic OH excluding ortho intramolecular Hbond substituents is 1. The van der Waals surface area contributed by atoms with Crippen molar-refractivity contribution in [2.45, 2.75) is 88.5 Å². The lowest BCUT2D eigenvalue weighted by atomic mass is 9.95. The van der Waals surface area contributed by atoms with Gasteiger partial charge in [-0.25, -0.2) is 0 Å². The zero-order valence-corrected chi connectivity index (χ0v) is 25.7. The third kappa shape index (κ3) is 10.5. The van der Waals surface area contributed by atoms with Gasteiger partial charge in [-0.3, -0.25) is 24.0 Å². The van der Waals surface area contributed by atoms with Gasteiger partial charge < -0.3 is 37.8 Å². The Hall–Kier alpha value is -2.97. The second kappa shape index (κ2) is 14.1. The Morgan fingerprint density at radius 1 is 0.875 bits per heavy atom. The van der Waals surface area contributed by atoms with Gasteiger partial charge >= 0.3 is 0 Å². The Balaban J connectivity index is 2.79. The molecule has 5 amide bonds. The van der Waals surface area contributed by atoms with Gasteiger partial charge in [-0.1, -0.05) is 0 Å². The Morgan fingerprint density at radius 3 is 1.80 bits per heavy atom. The largest absolute Gasteiger partial charge is 0.508 e. The van der Waals surface area contributed by atoms with Crippen LogP contribution in [-0.4, -0.2) is 74.8 Å². The van der Waals surface area contributed by atoms with Crippen LogP contribution in [0.5, 0.6) is 5.75 Å². The van der Waals surface area contributed by atoms with Gasteiger partial charge in [0.2, 0.25) is 29.5 Å². The predicted octanol–water partition coefficient (Wildman–Crippen LogP) is -0.629. The van der Waals surface area contributed by atoms with Crippen LogP contribution in [0.1, 0.15) is 51.3 Å². The van der Waals surface area contributed by atoms with Crippen molar-refractivity contribution < 1.29 is 29.1 Å². The van der Waals surface area contributed by atoms with Crippen molar-refractivity contribution in [2.75, 3.05) is 6.54 Å². The van der Waals surface area contributed by atoms with E-state index in [9.17, 15) is 29.1 Å². The Labute approximate surface area is 246 Å². The van der Waals surface area contributed by atoms with E-state index in [0.717, 1.165) is 16.7 Å². The summed E-state index contributed by atoms with van der Waals surface area (Å²) < 4.78 is -1.97. The Morgan fingerprint density at radius 2 is 1.35 bits per heavy atom. The molecule has 0 fully saturated rings. The summed E-state index contributed by atoms with van der Waals surface area (Å²) in [6, 6.07) is -1.14. The third-order valence-electron chi connectivity index (χ3n) is 6.17. The number of rotatable bonds is 13. The first-order chi connectivity index (χ1) is 18.1. The summed E-state index contributed by atoms with van der Waals surface area (Å²) in [5.74, 6) is -3.31. The van der Waals surface area contributed by atoms with Crippen LogP contribution >= 0.6 is 25.3 Å². The van der Waals surface area contributed by atoms with Gasteiger partial charge in [0.05, 0.1) is 12.6 Å². The minimum absolute atomic E-state index is 0.112. The molecule has 4 atom stereocenters. The Bertz CT molecular complexity index is 1110. The summed E-state index contributed by atoms with van der Waals surface area (Å²) in [5.41, 5.74) is 13.8. The zero-order valence-electron chi connectivity index (χ0n) is 23.9. The van der Waals surface area contributed by atoms with Crippen molar-refractivity contribution >= 4 is 54.8 Å². The van der Waals surface area contributed by atoms with Crippen LogP contribution in [0.3, 0.4) is 0 Å². The molecule has 9 N–H and O–H groups in total. The number of benzene rings is 1. The maximum atomic E-state index is 12.9. The molecule has 12 nitrogen and oxygen atoms in total. The third-order valence-corrected chi connectivity index (χ3v) is 6.68. The summed E-state index contributed by atoms with van der Waals surface area (Å²) >= 11 is 8.70. The second-order valence-corrected chi connectivity index (χ2v) is 13.3. The highest BCUT2D eigenvalue weighted by Crippen LogP contribution is 2.22. The Kier molecular flexibility index (Phi) is 12.3. The van der Waals surface area contributed by atoms with Gasteiger partial charge in [-0.2, -0.15) is 25.3 Å². The molecule has 0 spiro atoms. The lowest BCUT2D eigenvalue weighted by Gasteiger charge is -2.30. The first-order valence-electron chi connectivity index (χ1n) is 12.6. The van der Waals surface area contributed by atoms with Crippen LogP contribution in [0.4, 0.5) is 0 Å². The average molecular weight is 599 g/mol. The fourth-order valence-electron chi connectivity index (χ4n) is 3.91. The van der Waals surface area contributed by atoms with Crippen molar-refractivity contribution in [1.82, 2.24) is 21.3 Å². The molecule has 0 unspecified atom stereocenters. The van der Waals surface area contributed by atoms with Crippen molar-refractivity contribution in [2.24, 2.45) is 11.5 Å². The topological polar surface area (TPSA) is 206 Å². The average Bonchev–Trinajstić information content (AvgIpc) is 2.79. The van der Waals surface area contributed by atoms with Gasteiger partial charge in [0.1, 0.15) is 23.9 Å². The normalized spacial score (nSPS) is 14.8. The SMILES string of the molecule is Cc1cc(O)cc(C)c1C[C@H](N)C(=O)N[C@@H](C(=O)NCC(=O)N[C@@H](C)C(=O)N[C@@H](C(N)=O)C(C)(C)S)C(C)(C)S. The van der Waals surface area contributed by atoms with E-state index in [2.05, 4.69) is 46.5 Å². The number of aromatic hydroxyl groups is 1. The monoisotopic (exact) mass is 598 g/mol. The molecule has 0 aliphatic rings. The molecule has 0 aliphatic carbocycles. The first-order valence-corrected chi connectivity index (χ1v) is 13.5. The van der Waals surface area contributed by atoms with E-state index in [0.29, 0.717) is 0 Å². The maximum absolute atomic E-state index is 12.9. The molecule has 14 heteroatoms. The zero-order chi connectivity index (χ0) is 31.2. The van der Waals surface area contributed by atoms with Crippen molar-refractivity contribution in [1.29, 1.82) is 0 Å². The van der Waals surface area contributed by atoms with E-state index < -0.39 is 69.7 Å². The summed E-state index contributed by atoms with van der Waals surface area (Å²) in [4.78, 5) is 62.4. The lowest BCUT2D eigenvalue weighted by Crippen LogP contribution is -2.60. The molecule has 40 heavy (non-hydrogen) atoms. The van der Waals surface area contributed by atoms with Crippen molar-refractivity contribution in [3.63, 3.8) is 0 Å². The van der Waals surface area contributed by atoms with Gasteiger partial charge in [0.25, 0.3) is 0 Å². The summed E-state index contributed by atoms with van der Waals surface area (Å²) in [7, 11) is 0. The smallest absolute Gasteiger partial charge is 0.244 e. The van der Waals surface area contributed by atoms with Gasteiger partial charge in [-0.05, 0) is 83.7 Å². The number of thiol groups is 2. The van der Waals surface area contributed by atoms with Crippen LogP contribution in [0, 0.1) is 13.8 Å². The van der Waals surface area contributed by atoms with Crippen LogP contribution in [-0.2, 0) is 30.4 Å². The molecule has 1 rings (SSSR count). The molecule has 0 saturated carbocycles. The van der Waals surface area contributed by atoms with Gasteiger partial charge in [0, 0.05) is 9.49 Å². The van der Waals surface area contributed by atoms with Crippen molar-refractivity contribution in [3.05, 3.63) is 28.8 Å². The number of hydrogen-bond donors (Lipinski definition) is 9. The van der Waals surface area contributed by atoms with E-state index in [1.165, 1.54) is 6.92 Å². The standard InChI is InChI=1S/C26H42N6O6S2/c1-12-8-15(33)9-13(2)16(12)10-17(27)23(37)32-20(26(6,7)40)24(38)29-11-18(34)30-14(3)22(36)31-19(21(28)35)25(4,5)39/h8-9,14,17,19-20,33,39-40H,10-11,27H2,1-7H3,(H2,28,35)(H,29,38)(H,30,34)(H,31,36)(H,32,37)/t14-,17-,19-,20-/m0/s1. The van der Waals surface area contributed by atoms with E-state index in [1.807, 2.05) is 0 Å². The first kappa shape index (κ1) is 35.1. The number of hydrogen-bond acceptors (Lipinski definition) is 9. The molecule has 0 heterocycles. The highest BCUT2D eigenvalue weighted by Gasteiger charge is 2.36. The minimum Gasteiger partial charge on any atom is -0.508 e. The molecule has 1 aromatic rings. The number of carbonyl (C=O) groups is 5. The van der Waals surface area contributed by atoms with E-state index in [1.54, 1.807) is 53.7 Å². The highest BCUT2D eigenvalue weighted by atomic mass is 32.1. The summed E-state index contributed by atoms with van der Waals surface area (Å²) in [6.07, 6.45) is 0.175.